The molecule has 1 saturated carbocycles. The van der Waals surface area contributed by atoms with Crippen molar-refractivity contribution in [2.24, 2.45) is 5.92 Å². The van der Waals surface area contributed by atoms with Gasteiger partial charge in [-0.3, -0.25) is 0 Å². The molecule has 0 heterocycles. The average molecular weight is 146 g/mol. The molecule has 0 amide bonds. The smallest absolute Gasteiger partial charge is 0.0276 e. The molecule has 0 bridgehead atoms. The molecule has 1 aromatic carbocycles. The summed E-state index contributed by atoms with van der Waals surface area (Å²) in [5.41, 5.74) is 1.50. The van der Waals surface area contributed by atoms with Gasteiger partial charge in [0.05, 0.1) is 0 Å². The first-order valence-corrected chi connectivity index (χ1v) is 4.49. The molecule has 0 aromatic heterocycles. The van der Waals surface area contributed by atoms with E-state index in [9.17, 15) is 0 Å². The standard InChI is InChI=1S/C11H14/c1-2-4-10(5-3-1)6-7-11-8-9-11/h1-5,11H,6-9H2. The molecule has 0 spiro atoms. The summed E-state index contributed by atoms with van der Waals surface area (Å²) in [4.78, 5) is 0. The Bertz CT molecular complexity index is 209. The third kappa shape index (κ3) is 2.07. The topological polar surface area (TPSA) is 0 Å². The molecule has 11 heavy (non-hydrogen) atoms. The molecule has 0 saturated heterocycles. The van der Waals surface area contributed by atoms with Crippen LogP contribution < -0.4 is 0 Å². The van der Waals surface area contributed by atoms with Crippen LogP contribution in [0, 0.1) is 5.92 Å². The van der Waals surface area contributed by atoms with Gasteiger partial charge in [0.25, 0.3) is 0 Å². The summed E-state index contributed by atoms with van der Waals surface area (Å²) >= 11 is 0. The Kier molecular flexibility index (Phi) is 1.93. The Hall–Kier alpha value is -0.780. The molecule has 0 unspecified atom stereocenters. The molecule has 58 valence electrons. The van der Waals surface area contributed by atoms with Crippen molar-refractivity contribution in [1.29, 1.82) is 0 Å². The molecule has 0 heteroatoms. The highest BCUT2D eigenvalue weighted by Gasteiger charge is 2.20. The molecule has 1 aromatic rings. The van der Waals surface area contributed by atoms with Crippen LogP contribution in [0.25, 0.3) is 0 Å². The van der Waals surface area contributed by atoms with Crippen molar-refractivity contribution < 1.29 is 0 Å². The fourth-order valence-electron chi connectivity index (χ4n) is 1.42. The zero-order valence-corrected chi connectivity index (χ0v) is 6.79. The molecule has 0 radical (unpaired) electrons. The molecule has 0 atom stereocenters. The van der Waals surface area contributed by atoms with E-state index in [-0.39, 0.29) is 0 Å². The summed E-state index contributed by atoms with van der Waals surface area (Å²) in [6.45, 7) is 0. The van der Waals surface area contributed by atoms with Gasteiger partial charge in [0.15, 0.2) is 0 Å². The Morgan fingerprint density at radius 1 is 1.09 bits per heavy atom. The number of benzene rings is 1. The minimum absolute atomic E-state index is 1.07. The van der Waals surface area contributed by atoms with E-state index < -0.39 is 0 Å². The molecular formula is C11H14. The third-order valence-electron chi connectivity index (χ3n) is 2.38. The van der Waals surface area contributed by atoms with Crippen LogP contribution in [0.4, 0.5) is 0 Å². The minimum atomic E-state index is 1.07. The zero-order valence-electron chi connectivity index (χ0n) is 6.79. The lowest BCUT2D eigenvalue weighted by atomic mass is 10.1. The summed E-state index contributed by atoms with van der Waals surface area (Å²) in [7, 11) is 0. The maximum Gasteiger partial charge on any atom is -0.0276 e. The van der Waals surface area contributed by atoms with E-state index in [1.165, 1.54) is 31.2 Å². The molecule has 0 aliphatic heterocycles. The highest BCUT2D eigenvalue weighted by Crippen LogP contribution is 2.33. The SMILES string of the molecule is c1ccc(CCC2CC2)cc1. The van der Waals surface area contributed by atoms with E-state index in [0.717, 1.165) is 5.92 Å². The van der Waals surface area contributed by atoms with E-state index in [1.54, 1.807) is 0 Å². The van der Waals surface area contributed by atoms with Crippen LogP contribution in [0.2, 0.25) is 0 Å². The fraction of sp³-hybridized carbons (Fsp3) is 0.455. The molecule has 1 aliphatic carbocycles. The van der Waals surface area contributed by atoms with Gasteiger partial charge in [-0.15, -0.1) is 0 Å². The van der Waals surface area contributed by atoms with Gasteiger partial charge in [-0.05, 0) is 24.3 Å². The molecule has 1 fully saturated rings. The van der Waals surface area contributed by atoms with Crippen molar-refractivity contribution in [3.8, 4) is 0 Å². The Morgan fingerprint density at radius 3 is 2.45 bits per heavy atom. The maximum atomic E-state index is 2.22. The van der Waals surface area contributed by atoms with Gasteiger partial charge in [-0.25, -0.2) is 0 Å². The normalized spacial score (nSPS) is 16.7. The predicted molar refractivity (Wildman–Crippen MR) is 47.5 cm³/mol. The number of aryl methyl sites for hydroxylation is 1. The zero-order chi connectivity index (χ0) is 7.52. The quantitative estimate of drug-likeness (QED) is 0.615. The van der Waals surface area contributed by atoms with E-state index in [4.69, 9.17) is 0 Å². The highest BCUT2D eigenvalue weighted by atomic mass is 14.3. The lowest BCUT2D eigenvalue weighted by Gasteiger charge is -1.97. The van der Waals surface area contributed by atoms with Crippen molar-refractivity contribution >= 4 is 0 Å². The number of hydrogen-bond acceptors (Lipinski definition) is 0. The van der Waals surface area contributed by atoms with Gasteiger partial charge in [-0.1, -0.05) is 43.2 Å². The lowest BCUT2D eigenvalue weighted by molar-refractivity contribution is 0.727. The molecule has 1 aliphatic rings. The van der Waals surface area contributed by atoms with Crippen LogP contribution in [0.5, 0.6) is 0 Å². The Morgan fingerprint density at radius 2 is 1.82 bits per heavy atom. The van der Waals surface area contributed by atoms with E-state index in [1.807, 2.05) is 0 Å². The second kappa shape index (κ2) is 3.08. The largest absolute Gasteiger partial charge is 0.0622 e. The second-order valence-electron chi connectivity index (χ2n) is 3.47. The van der Waals surface area contributed by atoms with Crippen molar-refractivity contribution in [2.45, 2.75) is 25.7 Å². The van der Waals surface area contributed by atoms with Gasteiger partial charge in [0, 0.05) is 0 Å². The summed E-state index contributed by atoms with van der Waals surface area (Å²) in [5.74, 6) is 1.07. The van der Waals surface area contributed by atoms with Gasteiger partial charge >= 0.3 is 0 Å². The number of rotatable bonds is 3. The van der Waals surface area contributed by atoms with Crippen LogP contribution in [0.3, 0.4) is 0 Å². The average Bonchev–Trinajstić information content (AvgIpc) is 2.86. The monoisotopic (exact) mass is 146 g/mol. The number of hydrogen-bond donors (Lipinski definition) is 0. The van der Waals surface area contributed by atoms with Gasteiger partial charge in [0.2, 0.25) is 0 Å². The van der Waals surface area contributed by atoms with Crippen molar-refractivity contribution in [3.63, 3.8) is 0 Å². The van der Waals surface area contributed by atoms with E-state index in [2.05, 4.69) is 30.3 Å². The minimum Gasteiger partial charge on any atom is -0.0622 e. The third-order valence-corrected chi connectivity index (χ3v) is 2.38. The summed E-state index contributed by atoms with van der Waals surface area (Å²) in [6, 6.07) is 10.8. The van der Waals surface area contributed by atoms with E-state index >= 15 is 0 Å². The lowest BCUT2D eigenvalue weighted by Crippen LogP contribution is -1.84. The van der Waals surface area contributed by atoms with Gasteiger partial charge in [-0.2, -0.15) is 0 Å². The van der Waals surface area contributed by atoms with E-state index in [0.29, 0.717) is 0 Å². The van der Waals surface area contributed by atoms with Crippen LogP contribution in [0.1, 0.15) is 24.8 Å². The molecular weight excluding hydrogens is 132 g/mol. The van der Waals surface area contributed by atoms with Crippen LogP contribution in [-0.4, -0.2) is 0 Å². The van der Waals surface area contributed by atoms with Crippen LogP contribution in [-0.2, 0) is 6.42 Å². The molecule has 2 rings (SSSR count). The molecule has 0 nitrogen and oxygen atoms in total. The first-order valence-electron chi connectivity index (χ1n) is 4.49. The summed E-state index contributed by atoms with van der Waals surface area (Å²) < 4.78 is 0. The first kappa shape index (κ1) is 6.90. The summed E-state index contributed by atoms with van der Waals surface area (Å²) in [5, 5.41) is 0. The van der Waals surface area contributed by atoms with Gasteiger partial charge < -0.3 is 0 Å². The van der Waals surface area contributed by atoms with Gasteiger partial charge in [0.1, 0.15) is 0 Å². The van der Waals surface area contributed by atoms with Crippen molar-refractivity contribution in [2.75, 3.05) is 0 Å². The fourth-order valence-corrected chi connectivity index (χ4v) is 1.42. The highest BCUT2D eigenvalue weighted by molar-refractivity contribution is 5.14. The summed E-state index contributed by atoms with van der Waals surface area (Å²) in [6.07, 6.45) is 5.65. The first-order chi connectivity index (χ1) is 5.45. The Labute approximate surface area is 68.3 Å². The molecule has 0 N–H and O–H groups in total. The van der Waals surface area contributed by atoms with Crippen LogP contribution in [0.15, 0.2) is 30.3 Å². The van der Waals surface area contributed by atoms with Crippen LogP contribution >= 0.6 is 0 Å². The second-order valence-corrected chi connectivity index (χ2v) is 3.47. The van der Waals surface area contributed by atoms with Crippen molar-refractivity contribution in [1.82, 2.24) is 0 Å². The Balaban J connectivity index is 1.85. The predicted octanol–water partition coefficient (Wildman–Crippen LogP) is 3.03. The maximum absolute atomic E-state index is 2.22. The van der Waals surface area contributed by atoms with Crippen molar-refractivity contribution in [3.05, 3.63) is 35.9 Å².